The molecule has 0 aliphatic rings. The van der Waals surface area contributed by atoms with Gasteiger partial charge in [-0.3, -0.25) is 19.0 Å². The third kappa shape index (κ3) is 4.84. The van der Waals surface area contributed by atoms with Crippen LogP contribution in [0.1, 0.15) is 28.7 Å². The molecule has 8 nitrogen and oxygen atoms in total. The van der Waals surface area contributed by atoms with Crippen molar-refractivity contribution >= 4 is 40.3 Å². The molecule has 1 amide bonds. The molecule has 4 aromatic rings. The predicted molar refractivity (Wildman–Crippen MR) is 123 cm³/mol. The van der Waals surface area contributed by atoms with Crippen molar-refractivity contribution in [3.8, 4) is 11.4 Å². The number of benzene rings is 1. The van der Waals surface area contributed by atoms with Gasteiger partial charge in [0.2, 0.25) is 5.91 Å². The first-order chi connectivity index (χ1) is 15.4. The van der Waals surface area contributed by atoms with Crippen molar-refractivity contribution in [3.05, 3.63) is 86.2 Å². The van der Waals surface area contributed by atoms with Crippen LogP contribution >= 0.6 is 22.9 Å². The van der Waals surface area contributed by atoms with Crippen molar-refractivity contribution in [3.63, 3.8) is 0 Å². The number of thiophene rings is 1. The standard InChI is InChI=1S/C22H18ClN5O3S/c1-14(29)24-17-12-16(27-11-3-2-4-22(27)31)6-7-18(17)28-13-15(25-26-28)5-8-19(30)20-9-10-21(23)32-20/h2-4,6-7,9-13H,5,8H2,1H3,(H,24,29). The summed E-state index contributed by atoms with van der Waals surface area (Å²) in [4.78, 5) is 36.8. The Balaban J connectivity index is 1.58. The van der Waals surface area contributed by atoms with Gasteiger partial charge in [0.15, 0.2) is 5.78 Å². The third-order valence-electron chi connectivity index (χ3n) is 4.64. The highest BCUT2D eigenvalue weighted by Gasteiger charge is 2.14. The van der Waals surface area contributed by atoms with Crippen molar-refractivity contribution in [2.45, 2.75) is 19.8 Å². The second kappa shape index (κ2) is 9.29. The zero-order chi connectivity index (χ0) is 22.7. The van der Waals surface area contributed by atoms with E-state index in [0.717, 1.165) is 0 Å². The number of halogens is 1. The lowest BCUT2D eigenvalue weighted by Crippen LogP contribution is -2.17. The summed E-state index contributed by atoms with van der Waals surface area (Å²) in [5.41, 5.74) is 2.12. The lowest BCUT2D eigenvalue weighted by molar-refractivity contribution is -0.114. The number of Topliss-reactive ketones (excluding diaryl/α,β-unsaturated/α-hetero) is 1. The SMILES string of the molecule is CC(=O)Nc1cc(-n2ccccc2=O)ccc1-n1cc(CCC(=O)c2ccc(Cl)s2)nn1. The van der Waals surface area contributed by atoms with Crippen LogP contribution in [0.5, 0.6) is 0 Å². The van der Waals surface area contributed by atoms with E-state index < -0.39 is 0 Å². The van der Waals surface area contributed by atoms with Crippen LogP contribution in [0.25, 0.3) is 11.4 Å². The van der Waals surface area contributed by atoms with Gasteiger partial charge in [0.05, 0.1) is 38.2 Å². The Morgan fingerprint density at radius 2 is 2.00 bits per heavy atom. The Labute approximate surface area is 192 Å². The summed E-state index contributed by atoms with van der Waals surface area (Å²) in [7, 11) is 0. The highest BCUT2D eigenvalue weighted by molar-refractivity contribution is 7.18. The number of rotatable bonds is 7. The fraction of sp³-hybridized carbons (Fsp3) is 0.136. The van der Waals surface area contributed by atoms with Gasteiger partial charge in [-0.25, -0.2) is 4.68 Å². The van der Waals surface area contributed by atoms with E-state index in [1.54, 1.807) is 54.9 Å². The van der Waals surface area contributed by atoms with Gasteiger partial charge >= 0.3 is 0 Å². The molecule has 0 saturated carbocycles. The Hall–Kier alpha value is -3.56. The van der Waals surface area contributed by atoms with Crippen LogP contribution in [0.15, 0.2) is 65.7 Å². The summed E-state index contributed by atoms with van der Waals surface area (Å²) in [6.45, 7) is 1.40. The summed E-state index contributed by atoms with van der Waals surface area (Å²) in [5.74, 6) is -0.266. The molecule has 0 saturated heterocycles. The molecule has 0 radical (unpaired) electrons. The molecular formula is C22H18ClN5O3S. The first kappa shape index (κ1) is 21.7. The quantitative estimate of drug-likeness (QED) is 0.415. The second-order valence-corrected chi connectivity index (χ2v) is 8.69. The summed E-state index contributed by atoms with van der Waals surface area (Å²) < 4.78 is 3.58. The number of anilines is 1. The topological polar surface area (TPSA) is 98.9 Å². The van der Waals surface area contributed by atoms with Crippen LogP contribution in [0.2, 0.25) is 4.34 Å². The number of ketones is 1. The highest BCUT2D eigenvalue weighted by atomic mass is 35.5. The molecule has 162 valence electrons. The summed E-state index contributed by atoms with van der Waals surface area (Å²) in [6, 6.07) is 13.5. The van der Waals surface area contributed by atoms with E-state index in [1.807, 2.05) is 0 Å². The van der Waals surface area contributed by atoms with E-state index in [9.17, 15) is 14.4 Å². The minimum atomic E-state index is -0.260. The van der Waals surface area contributed by atoms with Crippen LogP contribution < -0.4 is 10.9 Å². The van der Waals surface area contributed by atoms with Gasteiger partial charge in [-0.05, 0) is 36.4 Å². The number of aryl methyl sites for hydroxylation is 1. The average Bonchev–Trinajstić information content (AvgIpc) is 3.41. The van der Waals surface area contributed by atoms with E-state index in [4.69, 9.17) is 11.6 Å². The van der Waals surface area contributed by atoms with Crippen molar-refractivity contribution in [2.75, 3.05) is 5.32 Å². The average molecular weight is 468 g/mol. The van der Waals surface area contributed by atoms with E-state index in [0.29, 0.717) is 38.4 Å². The van der Waals surface area contributed by atoms with Gasteiger partial charge in [0.1, 0.15) is 0 Å². The summed E-state index contributed by atoms with van der Waals surface area (Å²) in [6.07, 6.45) is 4.06. The molecule has 0 aliphatic heterocycles. The highest BCUT2D eigenvalue weighted by Crippen LogP contribution is 2.25. The number of pyridine rings is 1. The first-order valence-electron chi connectivity index (χ1n) is 9.70. The van der Waals surface area contributed by atoms with E-state index in [1.165, 1.54) is 33.6 Å². The van der Waals surface area contributed by atoms with Gasteiger partial charge in [-0.2, -0.15) is 0 Å². The number of carbonyl (C=O) groups is 2. The number of hydrogen-bond donors (Lipinski definition) is 1. The number of nitrogens with zero attached hydrogens (tertiary/aromatic N) is 4. The maximum Gasteiger partial charge on any atom is 0.255 e. The third-order valence-corrected chi connectivity index (χ3v) is 5.91. The lowest BCUT2D eigenvalue weighted by Gasteiger charge is -2.13. The van der Waals surface area contributed by atoms with Crippen LogP contribution in [-0.4, -0.2) is 31.3 Å². The van der Waals surface area contributed by atoms with E-state index >= 15 is 0 Å². The summed E-state index contributed by atoms with van der Waals surface area (Å²) >= 11 is 7.15. The molecule has 1 aromatic carbocycles. The van der Waals surface area contributed by atoms with Gasteiger partial charge in [-0.1, -0.05) is 22.9 Å². The molecule has 3 aromatic heterocycles. The largest absolute Gasteiger partial charge is 0.324 e. The van der Waals surface area contributed by atoms with E-state index in [-0.39, 0.29) is 23.7 Å². The van der Waals surface area contributed by atoms with Gasteiger partial charge in [0.25, 0.3) is 5.56 Å². The van der Waals surface area contributed by atoms with Crippen LogP contribution in [0, 0.1) is 0 Å². The van der Waals surface area contributed by atoms with Gasteiger partial charge in [0, 0.05) is 32.0 Å². The smallest absolute Gasteiger partial charge is 0.255 e. The molecular weight excluding hydrogens is 450 g/mol. The van der Waals surface area contributed by atoms with Gasteiger partial charge in [-0.15, -0.1) is 16.4 Å². The fourth-order valence-electron chi connectivity index (χ4n) is 3.16. The molecule has 1 N–H and O–H groups in total. The lowest BCUT2D eigenvalue weighted by atomic mass is 10.1. The molecule has 4 rings (SSSR count). The molecule has 0 fully saturated rings. The Morgan fingerprint density at radius 3 is 2.72 bits per heavy atom. The number of hydrogen-bond acceptors (Lipinski definition) is 6. The molecule has 10 heteroatoms. The molecule has 0 atom stereocenters. The Bertz CT molecular complexity index is 1360. The minimum Gasteiger partial charge on any atom is -0.324 e. The van der Waals surface area contributed by atoms with Crippen LogP contribution in [0.4, 0.5) is 5.69 Å². The molecule has 0 spiro atoms. The Morgan fingerprint density at radius 1 is 1.16 bits per heavy atom. The molecule has 0 unspecified atom stereocenters. The first-order valence-corrected chi connectivity index (χ1v) is 10.9. The maximum absolute atomic E-state index is 12.3. The van der Waals surface area contributed by atoms with Crippen LogP contribution in [-0.2, 0) is 11.2 Å². The zero-order valence-electron chi connectivity index (χ0n) is 17.0. The number of carbonyl (C=O) groups excluding carboxylic acids is 2. The number of aromatic nitrogens is 4. The normalized spacial score (nSPS) is 10.8. The van der Waals surface area contributed by atoms with Crippen LogP contribution in [0.3, 0.4) is 0 Å². The van der Waals surface area contributed by atoms with E-state index in [2.05, 4.69) is 15.6 Å². The fourth-order valence-corrected chi connectivity index (χ4v) is 4.17. The van der Waals surface area contributed by atoms with Crippen molar-refractivity contribution in [1.82, 2.24) is 19.6 Å². The molecule has 0 aliphatic carbocycles. The van der Waals surface area contributed by atoms with Crippen molar-refractivity contribution in [2.24, 2.45) is 0 Å². The minimum absolute atomic E-state index is 0.00644. The predicted octanol–water partition coefficient (Wildman–Crippen LogP) is 3.91. The zero-order valence-corrected chi connectivity index (χ0v) is 18.6. The maximum atomic E-state index is 12.3. The van der Waals surface area contributed by atoms with Crippen molar-refractivity contribution < 1.29 is 9.59 Å². The molecule has 3 heterocycles. The second-order valence-electron chi connectivity index (χ2n) is 6.97. The number of nitrogens with one attached hydrogen (secondary N) is 1. The Kier molecular flexibility index (Phi) is 6.29. The molecule has 0 bridgehead atoms. The van der Waals surface area contributed by atoms with Gasteiger partial charge < -0.3 is 5.32 Å². The molecule has 32 heavy (non-hydrogen) atoms. The monoisotopic (exact) mass is 467 g/mol. The number of amides is 1. The summed E-state index contributed by atoms with van der Waals surface area (Å²) in [5, 5.41) is 11.1. The van der Waals surface area contributed by atoms with Crippen molar-refractivity contribution in [1.29, 1.82) is 0 Å².